The summed E-state index contributed by atoms with van der Waals surface area (Å²) in [5, 5.41) is 6.22. The lowest BCUT2D eigenvalue weighted by molar-refractivity contribution is -0.140. The summed E-state index contributed by atoms with van der Waals surface area (Å²) in [6, 6.07) is 13.1. The van der Waals surface area contributed by atoms with Gasteiger partial charge >= 0.3 is 5.97 Å². The van der Waals surface area contributed by atoms with E-state index in [0.717, 1.165) is 21.3 Å². The average Bonchev–Trinajstić information content (AvgIpc) is 3.26. The first-order valence-corrected chi connectivity index (χ1v) is 11.9. The van der Waals surface area contributed by atoms with Gasteiger partial charge in [-0.15, -0.1) is 0 Å². The highest BCUT2D eigenvalue weighted by molar-refractivity contribution is 9.10. The molecule has 32 heavy (non-hydrogen) atoms. The van der Waals surface area contributed by atoms with Crippen molar-refractivity contribution in [1.29, 1.82) is 0 Å². The summed E-state index contributed by atoms with van der Waals surface area (Å²) in [6.45, 7) is 0. The van der Waals surface area contributed by atoms with Crippen LogP contribution >= 0.6 is 27.7 Å². The number of carbonyl (C=O) groups excluding carboxylic acids is 2. The van der Waals surface area contributed by atoms with Gasteiger partial charge in [-0.05, 0) is 23.8 Å². The Labute approximate surface area is 200 Å². The van der Waals surface area contributed by atoms with Gasteiger partial charge in [-0.2, -0.15) is 16.9 Å². The van der Waals surface area contributed by atoms with Gasteiger partial charge in [0.15, 0.2) is 11.5 Å². The number of methoxy groups -OCH3 is 3. The van der Waals surface area contributed by atoms with Crippen molar-refractivity contribution in [3.8, 4) is 11.5 Å². The molecule has 7 nitrogen and oxygen atoms in total. The van der Waals surface area contributed by atoms with Crippen molar-refractivity contribution in [2.24, 2.45) is 5.10 Å². The molecule has 0 spiro atoms. The highest BCUT2D eigenvalue weighted by Crippen LogP contribution is 2.41. The van der Waals surface area contributed by atoms with Crippen LogP contribution in [0.4, 0.5) is 0 Å². The molecule has 170 valence electrons. The molecule has 0 aliphatic carbocycles. The third-order valence-electron chi connectivity index (χ3n) is 5.04. The number of nitrogens with zero attached hydrogens (tertiary/aromatic N) is 2. The van der Waals surface area contributed by atoms with Crippen molar-refractivity contribution < 1.29 is 23.8 Å². The minimum atomic E-state index is -0.326. The second-order valence-corrected chi connectivity index (χ2v) is 8.99. The van der Waals surface area contributed by atoms with Crippen LogP contribution in [-0.2, 0) is 14.3 Å². The van der Waals surface area contributed by atoms with Gasteiger partial charge < -0.3 is 14.2 Å². The summed E-state index contributed by atoms with van der Waals surface area (Å²) in [7, 11) is 4.52. The number of halogens is 1. The molecular formula is C23H25BrN2O5S. The van der Waals surface area contributed by atoms with E-state index in [1.165, 1.54) is 23.9 Å². The van der Waals surface area contributed by atoms with Gasteiger partial charge in [0.1, 0.15) is 0 Å². The van der Waals surface area contributed by atoms with Gasteiger partial charge in [0.2, 0.25) is 0 Å². The van der Waals surface area contributed by atoms with Crippen molar-refractivity contribution in [1.82, 2.24) is 5.01 Å². The molecule has 2 aromatic carbocycles. The molecule has 1 aliphatic heterocycles. The van der Waals surface area contributed by atoms with E-state index in [9.17, 15) is 9.59 Å². The van der Waals surface area contributed by atoms with Crippen LogP contribution in [0.1, 0.15) is 30.0 Å². The summed E-state index contributed by atoms with van der Waals surface area (Å²) in [6.07, 6.45) is 0.804. The first-order valence-electron chi connectivity index (χ1n) is 9.99. The molecule has 0 radical (unpaired) electrons. The fraction of sp³-hybridized carbons (Fsp3) is 0.348. The molecule has 0 N–H and O–H groups in total. The van der Waals surface area contributed by atoms with Gasteiger partial charge in [-0.25, -0.2) is 5.01 Å². The SMILES string of the molecule is COC(=O)CCSCC(=O)N1N=C(c2ccc(Br)cc2)C[C@H]1c1cccc(OC)c1OC. The standard InChI is InChI=1S/C23H25BrN2O5S/c1-29-20-6-4-5-17(23(20)31-3)19-13-18(15-7-9-16(24)10-8-15)25-26(19)21(27)14-32-12-11-22(28)30-2/h4-10,19H,11-14H2,1-3H3/t19-/m0/s1. The zero-order valence-corrected chi connectivity index (χ0v) is 20.6. The van der Waals surface area contributed by atoms with Crippen molar-refractivity contribution in [3.63, 3.8) is 0 Å². The predicted molar refractivity (Wildman–Crippen MR) is 128 cm³/mol. The van der Waals surface area contributed by atoms with Crippen LogP contribution in [0.15, 0.2) is 52.0 Å². The molecule has 0 unspecified atom stereocenters. The van der Waals surface area contributed by atoms with E-state index in [0.29, 0.717) is 23.7 Å². The molecule has 0 fully saturated rings. The van der Waals surface area contributed by atoms with Crippen LogP contribution in [0.5, 0.6) is 11.5 Å². The third-order valence-corrected chi connectivity index (χ3v) is 6.51. The van der Waals surface area contributed by atoms with E-state index < -0.39 is 0 Å². The molecule has 1 amide bonds. The first-order chi connectivity index (χ1) is 15.5. The van der Waals surface area contributed by atoms with Crippen molar-refractivity contribution >= 4 is 45.3 Å². The number of ether oxygens (including phenoxy) is 3. The first kappa shape index (κ1) is 24.1. The Morgan fingerprint density at radius 3 is 2.53 bits per heavy atom. The second kappa shape index (κ2) is 11.4. The van der Waals surface area contributed by atoms with Gasteiger partial charge in [0.05, 0.1) is 45.3 Å². The maximum Gasteiger partial charge on any atom is 0.306 e. The Bertz CT molecular complexity index is 996. The minimum absolute atomic E-state index is 0.137. The maximum atomic E-state index is 13.1. The average molecular weight is 521 g/mol. The lowest BCUT2D eigenvalue weighted by atomic mass is 9.97. The number of carbonyl (C=O) groups is 2. The lowest BCUT2D eigenvalue weighted by Gasteiger charge is -2.24. The number of rotatable bonds is 9. The Kier molecular flexibility index (Phi) is 8.58. The highest BCUT2D eigenvalue weighted by atomic mass is 79.9. The smallest absolute Gasteiger partial charge is 0.306 e. The van der Waals surface area contributed by atoms with E-state index in [-0.39, 0.29) is 30.1 Å². The molecule has 0 saturated carbocycles. The molecule has 9 heteroatoms. The largest absolute Gasteiger partial charge is 0.493 e. The summed E-state index contributed by atoms with van der Waals surface area (Å²) in [4.78, 5) is 24.5. The Hall–Kier alpha value is -2.52. The fourth-order valence-electron chi connectivity index (χ4n) is 3.46. The topological polar surface area (TPSA) is 77.4 Å². The molecular weight excluding hydrogens is 496 g/mol. The number of esters is 1. The Balaban J connectivity index is 1.87. The van der Waals surface area contributed by atoms with Gasteiger partial charge in [-0.3, -0.25) is 9.59 Å². The quantitative estimate of drug-likeness (QED) is 0.359. The number of amides is 1. The molecule has 1 aliphatic rings. The molecule has 0 saturated heterocycles. The van der Waals surface area contributed by atoms with Crippen molar-refractivity contribution in [2.45, 2.75) is 18.9 Å². The van der Waals surface area contributed by atoms with E-state index in [4.69, 9.17) is 14.6 Å². The number of para-hydroxylation sites is 1. The number of benzene rings is 2. The third kappa shape index (κ3) is 5.63. The minimum Gasteiger partial charge on any atom is -0.493 e. The summed E-state index contributed by atoms with van der Waals surface area (Å²) >= 11 is 4.83. The van der Waals surface area contributed by atoms with E-state index in [1.54, 1.807) is 14.2 Å². The molecule has 0 bridgehead atoms. The summed E-state index contributed by atoms with van der Waals surface area (Å²) in [5.74, 6) is 1.47. The van der Waals surface area contributed by atoms with Gasteiger partial charge in [0, 0.05) is 22.2 Å². The maximum absolute atomic E-state index is 13.1. The van der Waals surface area contributed by atoms with Crippen LogP contribution in [0.3, 0.4) is 0 Å². The Morgan fingerprint density at radius 1 is 1.12 bits per heavy atom. The van der Waals surface area contributed by atoms with Crippen LogP contribution in [0.2, 0.25) is 0 Å². The van der Waals surface area contributed by atoms with Crippen LogP contribution in [0, 0.1) is 0 Å². The molecule has 0 aromatic heterocycles. The summed E-state index contributed by atoms with van der Waals surface area (Å²) < 4.78 is 16.7. The predicted octanol–water partition coefficient (Wildman–Crippen LogP) is 4.44. The van der Waals surface area contributed by atoms with Crippen molar-refractivity contribution in [2.75, 3.05) is 32.8 Å². The number of hydrogen-bond acceptors (Lipinski definition) is 7. The molecule has 2 aromatic rings. The fourth-order valence-corrected chi connectivity index (χ4v) is 4.48. The highest BCUT2D eigenvalue weighted by Gasteiger charge is 2.35. The van der Waals surface area contributed by atoms with Crippen LogP contribution < -0.4 is 9.47 Å². The number of thioether (sulfide) groups is 1. The molecule has 3 rings (SSSR count). The number of hydrazone groups is 1. The number of hydrogen-bond donors (Lipinski definition) is 0. The van der Waals surface area contributed by atoms with Crippen molar-refractivity contribution in [3.05, 3.63) is 58.1 Å². The second-order valence-electron chi connectivity index (χ2n) is 6.97. The van der Waals surface area contributed by atoms with E-state index in [2.05, 4.69) is 20.7 Å². The van der Waals surface area contributed by atoms with E-state index >= 15 is 0 Å². The van der Waals surface area contributed by atoms with Gasteiger partial charge in [-0.1, -0.05) is 40.2 Å². The van der Waals surface area contributed by atoms with Gasteiger partial charge in [0.25, 0.3) is 5.91 Å². The normalized spacial score (nSPS) is 15.3. The Morgan fingerprint density at radius 2 is 1.88 bits per heavy atom. The monoisotopic (exact) mass is 520 g/mol. The zero-order chi connectivity index (χ0) is 23.1. The van der Waals surface area contributed by atoms with Crippen LogP contribution in [-0.4, -0.2) is 55.4 Å². The zero-order valence-electron chi connectivity index (χ0n) is 18.2. The van der Waals surface area contributed by atoms with E-state index in [1.807, 2.05) is 42.5 Å². The summed E-state index contributed by atoms with van der Waals surface area (Å²) in [5.41, 5.74) is 2.60. The lowest BCUT2D eigenvalue weighted by Crippen LogP contribution is -2.29. The van der Waals surface area contributed by atoms with Crippen LogP contribution in [0.25, 0.3) is 0 Å². The molecule has 1 atom stereocenters. The molecule has 1 heterocycles.